The lowest BCUT2D eigenvalue weighted by Crippen LogP contribution is -2.35. The average molecular weight is 126 g/mol. The van der Waals surface area contributed by atoms with Crippen LogP contribution >= 0.6 is 0 Å². The summed E-state index contributed by atoms with van der Waals surface area (Å²) < 4.78 is 0. The third-order valence-electron chi connectivity index (χ3n) is 2.00. The zero-order valence-electron chi connectivity index (χ0n) is 6.59. The molecule has 0 spiro atoms. The van der Waals surface area contributed by atoms with Gasteiger partial charge in [0.25, 0.3) is 0 Å². The third kappa shape index (κ3) is 1.98. The van der Waals surface area contributed by atoms with Crippen LogP contribution in [0.3, 0.4) is 0 Å². The molecule has 0 bridgehead atoms. The summed E-state index contributed by atoms with van der Waals surface area (Å²) in [5.74, 6) is 0.896. The van der Waals surface area contributed by atoms with Crippen LogP contribution in [0.1, 0.15) is 33.6 Å². The summed E-state index contributed by atoms with van der Waals surface area (Å²) in [5, 5.41) is 4.53. The van der Waals surface area contributed by atoms with Gasteiger partial charge in [-0.05, 0) is 32.6 Å². The van der Waals surface area contributed by atoms with Gasteiger partial charge in [-0.1, -0.05) is 6.92 Å². The van der Waals surface area contributed by atoms with E-state index in [-0.39, 0.29) is 0 Å². The number of hydrogen-bond acceptors (Lipinski definition) is 0. The molecular weight excluding hydrogens is 110 g/mol. The van der Waals surface area contributed by atoms with Crippen molar-refractivity contribution in [3.63, 3.8) is 0 Å². The Morgan fingerprint density at radius 3 is 1.78 bits per heavy atom. The van der Waals surface area contributed by atoms with Gasteiger partial charge in [-0.3, -0.25) is 0 Å². The summed E-state index contributed by atoms with van der Waals surface area (Å²) in [6.45, 7) is 6.75. The van der Waals surface area contributed by atoms with E-state index in [1.165, 1.54) is 12.8 Å². The molecule has 2 unspecified atom stereocenters. The van der Waals surface area contributed by atoms with Gasteiger partial charge in [0, 0.05) is 12.1 Å². The van der Waals surface area contributed by atoms with E-state index in [1.54, 1.807) is 0 Å². The lowest BCUT2D eigenvalue weighted by molar-refractivity contribution is 0.272. The van der Waals surface area contributed by atoms with Crippen LogP contribution in [0.2, 0.25) is 0 Å². The molecular formula is C8H16N. The van der Waals surface area contributed by atoms with Gasteiger partial charge < -0.3 is 0 Å². The number of hydrogen-bond donors (Lipinski definition) is 0. The summed E-state index contributed by atoms with van der Waals surface area (Å²) in [5.41, 5.74) is 0. The predicted octanol–water partition coefficient (Wildman–Crippen LogP) is 1.80. The van der Waals surface area contributed by atoms with Gasteiger partial charge in [-0.15, -0.1) is 0 Å². The third-order valence-corrected chi connectivity index (χ3v) is 2.00. The Balaban J connectivity index is 2.34. The molecule has 0 amide bonds. The van der Waals surface area contributed by atoms with Gasteiger partial charge in [0.1, 0.15) is 0 Å². The Kier molecular flexibility index (Phi) is 2.12. The molecule has 1 aliphatic rings. The fourth-order valence-electron chi connectivity index (χ4n) is 1.82. The van der Waals surface area contributed by atoms with Crippen LogP contribution in [0.5, 0.6) is 0 Å². The van der Waals surface area contributed by atoms with E-state index in [4.69, 9.17) is 0 Å². The van der Waals surface area contributed by atoms with Crippen LogP contribution in [-0.2, 0) is 0 Å². The largest absolute Gasteiger partial charge is 0.236 e. The van der Waals surface area contributed by atoms with Crippen molar-refractivity contribution < 1.29 is 0 Å². The van der Waals surface area contributed by atoms with E-state index >= 15 is 0 Å². The Morgan fingerprint density at radius 1 is 1.00 bits per heavy atom. The molecule has 0 saturated carbocycles. The first-order valence-electron chi connectivity index (χ1n) is 3.88. The van der Waals surface area contributed by atoms with Gasteiger partial charge in [-0.25, -0.2) is 5.32 Å². The van der Waals surface area contributed by atoms with Gasteiger partial charge in [0.05, 0.1) is 0 Å². The van der Waals surface area contributed by atoms with E-state index in [2.05, 4.69) is 26.1 Å². The van der Waals surface area contributed by atoms with Gasteiger partial charge >= 0.3 is 0 Å². The number of piperidine rings is 1. The fourth-order valence-corrected chi connectivity index (χ4v) is 1.82. The van der Waals surface area contributed by atoms with E-state index in [9.17, 15) is 0 Å². The van der Waals surface area contributed by atoms with E-state index in [0.717, 1.165) is 5.92 Å². The van der Waals surface area contributed by atoms with Crippen LogP contribution in [0.25, 0.3) is 0 Å². The Hall–Kier alpha value is -0.0400. The molecule has 1 rings (SSSR count). The average Bonchev–Trinajstić information content (AvgIpc) is 1.59. The lowest BCUT2D eigenvalue weighted by atomic mass is 9.91. The summed E-state index contributed by atoms with van der Waals surface area (Å²) >= 11 is 0. The standard InChI is InChI=1S/C8H16N/c1-6-4-7(2)9-8(3)5-6/h6-8H,4-5H2,1-3H3. The second-order valence-corrected chi connectivity index (χ2v) is 3.42. The topological polar surface area (TPSA) is 14.1 Å². The smallest absolute Gasteiger partial charge is 0.0223 e. The minimum absolute atomic E-state index is 0.615. The fraction of sp³-hybridized carbons (Fsp3) is 1.00. The first-order valence-corrected chi connectivity index (χ1v) is 3.88. The highest BCUT2D eigenvalue weighted by molar-refractivity contribution is 4.77. The molecule has 0 aromatic rings. The van der Waals surface area contributed by atoms with Crippen molar-refractivity contribution in [2.24, 2.45) is 5.92 Å². The molecule has 1 fully saturated rings. The number of nitrogens with zero attached hydrogens (tertiary/aromatic N) is 1. The predicted molar refractivity (Wildman–Crippen MR) is 39.5 cm³/mol. The molecule has 1 heterocycles. The molecule has 1 heteroatoms. The van der Waals surface area contributed by atoms with Gasteiger partial charge in [-0.2, -0.15) is 0 Å². The highest BCUT2D eigenvalue weighted by Gasteiger charge is 2.20. The van der Waals surface area contributed by atoms with Crippen LogP contribution in [-0.4, -0.2) is 12.1 Å². The van der Waals surface area contributed by atoms with E-state index in [1.807, 2.05) is 0 Å². The van der Waals surface area contributed by atoms with Crippen molar-refractivity contribution >= 4 is 0 Å². The molecule has 0 aromatic heterocycles. The molecule has 9 heavy (non-hydrogen) atoms. The van der Waals surface area contributed by atoms with Gasteiger partial charge in [0.15, 0.2) is 0 Å². The highest BCUT2D eigenvalue weighted by Crippen LogP contribution is 2.19. The SMILES string of the molecule is CC1CC(C)[N]C(C)C1. The summed E-state index contributed by atoms with van der Waals surface area (Å²) in [6, 6.07) is 1.23. The van der Waals surface area contributed by atoms with Gasteiger partial charge in [0.2, 0.25) is 0 Å². The van der Waals surface area contributed by atoms with Crippen LogP contribution in [0, 0.1) is 5.92 Å². The molecule has 1 aliphatic heterocycles. The second-order valence-electron chi connectivity index (χ2n) is 3.42. The van der Waals surface area contributed by atoms with E-state index in [0.29, 0.717) is 12.1 Å². The zero-order valence-corrected chi connectivity index (χ0v) is 6.59. The Bertz CT molecular complexity index is 65.5. The van der Waals surface area contributed by atoms with Crippen molar-refractivity contribution in [3.8, 4) is 0 Å². The molecule has 0 N–H and O–H groups in total. The van der Waals surface area contributed by atoms with Crippen molar-refractivity contribution in [3.05, 3.63) is 0 Å². The minimum Gasteiger partial charge on any atom is -0.236 e. The summed E-state index contributed by atoms with van der Waals surface area (Å²) in [6.07, 6.45) is 2.59. The quantitative estimate of drug-likeness (QED) is 0.470. The van der Waals surface area contributed by atoms with E-state index < -0.39 is 0 Å². The van der Waals surface area contributed by atoms with Crippen molar-refractivity contribution in [1.82, 2.24) is 5.32 Å². The molecule has 2 atom stereocenters. The maximum absolute atomic E-state index is 4.53. The van der Waals surface area contributed by atoms with Crippen molar-refractivity contribution in [1.29, 1.82) is 0 Å². The van der Waals surface area contributed by atoms with Crippen molar-refractivity contribution in [2.75, 3.05) is 0 Å². The summed E-state index contributed by atoms with van der Waals surface area (Å²) in [4.78, 5) is 0. The van der Waals surface area contributed by atoms with Crippen molar-refractivity contribution in [2.45, 2.75) is 45.7 Å². The minimum atomic E-state index is 0.615. The molecule has 1 nitrogen and oxygen atoms in total. The first-order chi connectivity index (χ1) is 4.18. The molecule has 53 valence electrons. The highest BCUT2D eigenvalue weighted by atomic mass is 14.9. The summed E-state index contributed by atoms with van der Waals surface area (Å²) in [7, 11) is 0. The van der Waals surface area contributed by atoms with Crippen LogP contribution < -0.4 is 5.32 Å². The van der Waals surface area contributed by atoms with Crippen LogP contribution in [0.15, 0.2) is 0 Å². The molecule has 1 radical (unpaired) electrons. The molecule has 1 saturated heterocycles. The Morgan fingerprint density at radius 2 is 1.44 bits per heavy atom. The van der Waals surface area contributed by atoms with Crippen LogP contribution in [0.4, 0.5) is 0 Å². The zero-order chi connectivity index (χ0) is 6.85. The number of rotatable bonds is 0. The Labute approximate surface area is 57.8 Å². The second kappa shape index (κ2) is 2.70. The molecule has 0 aliphatic carbocycles. The lowest BCUT2D eigenvalue weighted by Gasteiger charge is -2.28. The first kappa shape index (κ1) is 7.07. The monoisotopic (exact) mass is 126 g/mol. The maximum atomic E-state index is 4.53. The molecule has 0 aromatic carbocycles. The normalized spacial score (nSPS) is 45.0. The maximum Gasteiger partial charge on any atom is 0.0223 e.